The zero-order chi connectivity index (χ0) is 17.4. The quantitative estimate of drug-likeness (QED) is 0.541. The Kier molecular flexibility index (Phi) is 7.45. The molecule has 0 spiro atoms. The van der Waals surface area contributed by atoms with Gasteiger partial charge in [0.2, 0.25) is 5.91 Å². The number of aliphatic carboxylic acids is 1. The number of carbonyl (C=O) groups is 3. The van der Waals surface area contributed by atoms with Gasteiger partial charge in [-0.15, -0.1) is 0 Å². The van der Waals surface area contributed by atoms with Crippen molar-refractivity contribution in [3.63, 3.8) is 0 Å². The fourth-order valence-electron chi connectivity index (χ4n) is 2.26. The van der Waals surface area contributed by atoms with E-state index in [0.29, 0.717) is 12.1 Å². The van der Waals surface area contributed by atoms with E-state index in [1.165, 1.54) is 6.92 Å². The molecule has 2 unspecified atom stereocenters. The number of ketones is 1. The van der Waals surface area contributed by atoms with E-state index in [-0.39, 0.29) is 11.7 Å². The summed E-state index contributed by atoms with van der Waals surface area (Å²) in [5.74, 6) is -2.36. The summed E-state index contributed by atoms with van der Waals surface area (Å²) >= 11 is 0. The highest BCUT2D eigenvalue weighted by molar-refractivity contribution is 5.99. The fourth-order valence-corrected chi connectivity index (χ4v) is 2.26. The normalized spacial score (nSPS) is 13.2. The summed E-state index contributed by atoms with van der Waals surface area (Å²) in [6.07, 6.45) is 2.75. The van der Waals surface area contributed by atoms with Crippen molar-refractivity contribution in [1.29, 1.82) is 0 Å². The Morgan fingerprint density at radius 1 is 1.04 bits per heavy atom. The number of Topliss-reactive ketones (excluding diaryl/α,β-unsaturated/α-hetero) is 1. The molecule has 1 amide bonds. The first kappa shape index (κ1) is 18.9. The third-order valence-corrected chi connectivity index (χ3v) is 4.06. The highest BCUT2D eigenvalue weighted by atomic mass is 16.4. The molecular weight excluding hydrogens is 294 g/mol. The van der Waals surface area contributed by atoms with E-state index in [9.17, 15) is 14.4 Å². The van der Waals surface area contributed by atoms with Crippen LogP contribution in [0.1, 0.15) is 49.5 Å². The maximum Gasteiger partial charge on any atom is 0.306 e. The van der Waals surface area contributed by atoms with E-state index in [4.69, 9.17) is 5.11 Å². The number of benzene rings is 1. The average Bonchev–Trinajstić information content (AvgIpc) is 2.52. The summed E-state index contributed by atoms with van der Waals surface area (Å²) in [6.45, 7) is 5.38. The van der Waals surface area contributed by atoms with Crippen molar-refractivity contribution in [2.45, 2.75) is 40.0 Å². The zero-order valence-electron chi connectivity index (χ0n) is 14.0. The largest absolute Gasteiger partial charge is 0.481 e. The second-order valence-electron chi connectivity index (χ2n) is 5.92. The summed E-state index contributed by atoms with van der Waals surface area (Å²) in [5.41, 5.74) is 1.68. The van der Waals surface area contributed by atoms with Crippen molar-refractivity contribution in [1.82, 2.24) is 5.32 Å². The van der Waals surface area contributed by atoms with Crippen LogP contribution in [0.25, 0.3) is 0 Å². The third kappa shape index (κ3) is 6.22. The van der Waals surface area contributed by atoms with Crippen LogP contribution in [-0.2, 0) is 16.0 Å². The number of nitrogens with one attached hydrogen (secondary N) is 1. The summed E-state index contributed by atoms with van der Waals surface area (Å²) < 4.78 is 0. The molecule has 1 aromatic rings. The Labute approximate surface area is 137 Å². The summed E-state index contributed by atoms with van der Waals surface area (Å²) in [6, 6.07) is 7.33. The molecule has 0 aliphatic carbocycles. The molecule has 0 heterocycles. The van der Waals surface area contributed by atoms with E-state index in [2.05, 4.69) is 5.32 Å². The molecule has 2 N–H and O–H groups in total. The lowest BCUT2D eigenvalue weighted by molar-refractivity contribution is -0.142. The SMILES string of the molecule is CC(=O)NCCCCc1ccc(C(=O)C(C)C(C)C(=O)O)cc1. The Balaban J connectivity index is 2.51. The average molecular weight is 319 g/mol. The van der Waals surface area contributed by atoms with Gasteiger partial charge in [-0.1, -0.05) is 38.1 Å². The van der Waals surface area contributed by atoms with Gasteiger partial charge in [0, 0.05) is 24.9 Å². The number of rotatable bonds is 9. The Hall–Kier alpha value is -2.17. The van der Waals surface area contributed by atoms with Crippen molar-refractivity contribution in [2.75, 3.05) is 6.54 Å². The van der Waals surface area contributed by atoms with Crippen LogP contribution in [0, 0.1) is 11.8 Å². The smallest absolute Gasteiger partial charge is 0.306 e. The van der Waals surface area contributed by atoms with Gasteiger partial charge in [0.25, 0.3) is 0 Å². The second kappa shape index (κ2) is 9.08. The van der Waals surface area contributed by atoms with Crippen LogP contribution in [0.15, 0.2) is 24.3 Å². The van der Waals surface area contributed by atoms with E-state index < -0.39 is 17.8 Å². The molecule has 1 aromatic carbocycles. The molecule has 5 heteroatoms. The van der Waals surface area contributed by atoms with Crippen LogP contribution >= 0.6 is 0 Å². The molecule has 0 saturated heterocycles. The summed E-state index contributed by atoms with van der Waals surface area (Å²) in [7, 11) is 0. The predicted molar refractivity (Wildman–Crippen MR) is 88.4 cm³/mol. The molecule has 0 saturated carbocycles. The number of carbonyl (C=O) groups excluding carboxylic acids is 2. The van der Waals surface area contributed by atoms with Crippen LogP contribution in [0.2, 0.25) is 0 Å². The van der Waals surface area contributed by atoms with Crippen LogP contribution in [0.4, 0.5) is 0 Å². The predicted octanol–water partition coefficient (Wildman–Crippen LogP) is 2.68. The number of amides is 1. The van der Waals surface area contributed by atoms with Crippen molar-refractivity contribution >= 4 is 17.7 Å². The molecule has 0 aliphatic heterocycles. The zero-order valence-corrected chi connectivity index (χ0v) is 14.0. The minimum absolute atomic E-state index is 0.0161. The molecule has 0 aliphatic rings. The number of aryl methyl sites for hydroxylation is 1. The lowest BCUT2D eigenvalue weighted by atomic mass is 9.88. The number of unbranched alkanes of at least 4 members (excludes halogenated alkanes) is 1. The minimum Gasteiger partial charge on any atom is -0.481 e. The molecule has 23 heavy (non-hydrogen) atoms. The molecular formula is C18H25NO4. The molecule has 0 aromatic heterocycles. The number of hydrogen-bond donors (Lipinski definition) is 2. The lowest BCUT2D eigenvalue weighted by Gasteiger charge is -2.15. The second-order valence-corrected chi connectivity index (χ2v) is 5.92. The Morgan fingerprint density at radius 3 is 2.17 bits per heavy atom. The van der Waals surface area contributed by atoms with Gasteiger partial charge in [-0.25, -0.2) is 0 Å². The van der Waals surface area contributed by atoms with Gasteiger partial charge in [0.1, 0.15) is 0 Å². The molecule has 1 rings (SSSR count). The van der Waals surface area contributed by atoms with E-state index in [0.717, 1.165) is 24.8 Å². The van der Waals surface area contributed by atoms with Crippen LogP contribution in [0.5, 0.6) is 0 Å². The Morgan fingerprint density at radius 2 is 1.65 bits per heavy atom. The number of carboxylic acids is 1. The van der Waals surface area contributed by atoms with E-state index in [1.54, 1.807) is 26.0 Å². The van der Waals surface area contributed by atoms with Crippen LogP contribution < -0.4 is 5.32 Å². The van der Waals surface area contributed by atoms with Crippen molar-refractivity contribution < 1.29 is 19.5 Å². The topological polar surface area (TPSA) is 83.5 Å². The van der Waals surface area contributed by atoms with Gasteiger partial charge >= 0.3 is 5.97 Å². The molecule has 126 valence electrons. The monoisotopic (exact) mass is 319 g/mol. The standard InChI is InChI=1S/C18H25NO4/c1-12(13(2)18(22)23)17(21)16-9-7-15(8-10-16)6-4-5-11-19-14(3)20/h7-10,12-13H,4-6,11H2,1-3H3,(H,19,20)(H,22,23). The molecule has 2 atom stereocenters. The molecule has 0 bridgehead atoms. The third-order valence-electron chi connectivity index (χ3n) is 4.06. The maximum absolute atomic E-state index is 12.3. The van der Waals surface area contributed by atoms with Gasteiger partial charge in [-0.05, 0) is 24.8 Å². The first-order valence-corrected chi connectivity index (χ1v) is 7.93. The first-order chi connectivity index (χ1) is 10.8. The van der Waals surface area contributed by atoms with Crippen LogP contribution in [-0.4, -0.2) is 29.3 Å². The van der Waals surface area contributed by atoms with Gasteiger partial charge in [-0.2, -0.15) is 0 Å². The van der Waals surface area contributed by atoms with E-state index >= 15 is 0 Å². The van der Waals surface area contributed by atoms with Gasteiger partial charge in [0.15, 0.2) is 5.78 Å². The van der Waals surface area contributed by atoms with Crippen molar-refractivity contribution in [3.8, 4) is 0 Å². The fraction of sp³-hybridized carbons (Fsp3) is 0.500. The first-order valence-electron chi connectivity index (χ1n) is 7.93. The van der Waals surface area contributed by atoms with Crippen LogP contribution in [0.3, 0.4) is 0 Å². The number of carboxylic acid groups (broad SMARTS) is 1. The Bertz CT molecular complexity index is 551. The minimum atomic E-state index is -0.957. The molecule has 5 nitrogen and oxygen atoms in total. The van der Waals surface area contributed by atoms with Gasteiger partial charge in [0.05, 0.1) is 5.92 Å². The summed E-state index contributed by atoms with van der Waals surface area (Å²) in [5, 5.41) is 11.7. The van der Waals surface area contributed by atoms with Gasteiger partial charge < -0.3 is 10.4 Å². The van der Waals surface area contributed by atoms with E-state index in [1.807, 2.05) is 12.1 Å². The highest BCUT2D eigenvalue weighted by Gasteiger charge is 2.26. The number of hydrogen-bond acceptors (Lipinski definition) is 3. The lowest BCUT2D eigenvalue weighted by Crippen LogP contribution is -2.25. The maximum atomic E-state index is 12.3. The molecule has 0 radical (unpaired) electrons. The van der Waals surface area contributed by atoms with Gasteiger partial charge in [-0.3, -0.25) is 14.4 Å². The summed E-state index contributed by atoms with van der Waals surface area (Å²) in [4.78, 5) is 34.0. The highest BCUT2D eigenvalue weighted by Crippen LogP contribution is 2.18. The van der Waals surface area contributed by atoms with Crippen molar-refractivity contribution in [3.05, 3.63) is 35.4 Å². The van der Waals surface area contributed by atoms with Crippen molar-refractivity contribution in [2.24, 2.45) is 11.8 Å². The molecule has 0 fully saturated rings.